The summed E-state index contributed by atoms with van der Waals surface area (Å²) >= 11 is 0. The zero-order valence-corrected chi connectivity index (χ0v) is 13.7. The number of carbonyl (C=O) groups is 1. The molecule has 0 aliphatic heterocycles. The lowest BCUT2D eigenvalue weighted by atomic mass is 9.55. The van der Waals surface area contributed by atoms with E-state index in [1.807, 2.05) is 0 Å². The van der Waals surface area contributed by atoms with E-state index in [0.29, 0.717) is 11.2 Å². The first-order valence-electron chi connectivity index (χ1n) is 9.04. The highest BCUT2D eigenvalue weighted by Crippen LogP contribution is 2.56. The van der Waals surface area contributed by atoms with E-state index in [9.17, 15) is 4.79 Å². The molecule has 0 heterocycles. The Hall–Kier alpha value is -0.330. The van der Waals surface area contributed by atoms with Crippen molar-refractivity contribution in [2.24, 2.45) is 35.0 Å². The van der Waals surface area contributed by atoms with Gasteiger partial charge in [0.15, 0.2) is 0 Å². The van der Waals surface area contributed by atoms with Crippen LogP contribution < -0.4 is 0 Å². The number of hydrogen-bond donors (Lipinski definition) is 0. The molecule has 0 aromatic rings. The highest BCUT2D eigenvalue weighted by Gasteiger charge is 2.48. The molecule has 1 nitrogen and oxygen atoms in total. The van der Waals surface area contributed by atoms with Gasteiger partial charge >= 0.3 is 0 Å². The van der Waals surface area contributed by atoms with Crippen LogP contribution in [-0.4, -0.2) is 5.78 Å². The normalized spacial score (nSPS) is 44.4. The molecule has 0 amide bonds. The highest BCUT2D eigenvalue weighted by molar-refractivity contribution is 5.79. The first-order valence-corrected chi connectivity index (χ1v) is 9.04. The van der Waals surface area contributed by atoms with Gasteiger partial charge in [-0.3, -0.25) is 4.79 Å². The van der Waals surface area contributed by atoms with Gasteiger partial charge in [-0.05, 0) is 67.1 Å². The minimum atomic E-state index is 0.542. The third-order valence-corrected chi connectivity index (χ3v) is 7.15. The molecule has 3 aliphatic rings. The quantitative estimate of drug-likeness (QED) is 0.674. The third-order valence-electron chi connectivity index (χ3n) is 7.15. The summed E-state index contributed by atoms with van der Waals surface area (Å²) in [7, 11) is 0. The van der Waals surface area contributed by atoms with Crippen LogP contribution in [0.5, 0.6) is 0 Å². The Bertz CT molecular complexity index is 370. The summed E-state index contributed by atoms with van der Waals surface area (Å²) in [5.41, 5.74) is 0.565. The van der Waals surface area contributed by atoms with Crippen molar-refractivity contribution >= 4 is 5.78 Å². The molecule has 0 saturated heterocycles. The van der Waals surface area contributed by atoms with Crippen LogP contribution in [0.2, 0.25) is 0 Å². The molecule has 0 aromatic carbocycles. The summed E-state index contributed by atoms with van der Waals surface area (Å²) < 4.78 is 0. The first-order chi connectivity index (χ1) is 9.53. The van der Waals surface area contributed by atoms with Gasteiger partial charge in [0.2, 0.25) is 0 Å². The standard InChI is InChI=1S/C19H32O/c1-4-15-16-10-8-14(20)12-13(16)7-9-17(15)18-6-5-11-19(18,2)3/h13,15-18H,4-12H2,1-3H3/t13?,15?,16-,17?,18?/m0/s1. The zero-order chi connectivity index (χ0) is 14.3. The van der Waals surface area contributed by atoms with E-state index in [0.717, 1.165) is 42.4 Å². The summed E-state index contributed by atoms with van der Waals surface area (Å²) in [6.45, 7) is 7.42. The molecular formula is C19H32O. The monoisotopic (exact) mass is 276 g/mol. The molecule has 3 saturated carbocycles. The van der Waals surface area contributed by atoms with Crippen LogP contribution in [0, 0.1) is 35.0 Å². The number of fused-ring (bicyclic) bond motifs is 1. The van der Waals surface area contributed by atoms with Crippen LogP contribution in [0.4, 0.5) is 0 Å². The number of rotatable bonds is 2. The summed E-state index contributed by atoms with van der Waals surface area (Å²) in [6.07, 6.45) is 11.4. The Balaban J connectivity index is 1.78. The van der Waals surface area contributed by atoms with E-state index in [1.165, 1.54) is 44.9 Å². The van der Waals surface area contributed by atoms with Crippen LogP contribution in [0.1, 0.15) is 78.6 Å². The predicted molar refractivity (Wildman–Crippen MR) is 83.5 cm³/mol. The third kappa shape index (κ3) is 2.46. The smallest absolute Gasteiger partial charge is 0.133 e. The fraction of sp³-hybridized carbons (Fsp3) is 0.947. The summed E-state index contributed by atoms with van der Waals surface area (Å²) in [5, 5.41) is 0. The van der Waals surface area contributed by atoms with E-state index in [-0.39, 0.29) is 0 Å². The first kappa shape index (κ1) is 14.6. The van der Waals surface area contributed by atoms with Gasteiger partial charge in [-0.2, -0.15) is 0 Å². The van der Waals surface area contributed by atoms with Crippen molar-refractivity contribution in [2.75, 3.05) is 0 Å². The minimum Gasteiger partial charge on any atom is -0.300 e. The van der Waals surface area contributed by atoms with Gasteiger partial charge in [0.05, 0.1) is 0 Å². The van der Waals surface area contributed by atoms with E-state index in [1.54, 1.807) is 0 Å². The van der Waals surface area contributed by atoms with Crippen molar-refractivity contribution in [3.05, 3.63) is 0 Å². The van der Waals surface area contributed by atoms with Crippen molar-refractivity contribution in [3.8, 4) is 0 Å². The van der Waals surface area contributed by atoms with Crippen LogP contribution in [0.3, 0.4) is 0 Å². The molecule has 114 valence electrons. The fourth-order valence-corrected chi connectivity index (χ4v) is 6.18. The Kier molecular flexibility index (Phi) is 3.99. The maximum absolute atomic E-state index is 11.8. The van der Waals surface area contributed by atoms with Crippen LogP contribution in [0.25, 0.3) is 0 Å². The number of ketones is 1. The molecule has 0 radical (unpaired) electrons. The van der Waals surface area contributed by atoms with E-state index >= 15 is 0 Å². The second kappa shape index (κ2) is 5.46. The predicted octanol–water partition coefficient (Wildman–Crippen LogP) is 5.23. The number of Topliss-reactive ketones (excluding diaryl/α,β-unsaturated/α-hetero) is 1. The van der Waals surface area contributed by atoms with E-state index < -0.39 is 0 Å². The maximum atomic E-state index is 11.8. The van der Waals surface area contributed by atoms with E-state index in [2.05, 4.69) is 20.8 Å². The van der Waals surface area contributed by atoms with Crippen LogP contribution >= 0.6 is 0 Å². The minimum absolute atomic E-state index is 0.542. The molecule has 0 aromatic heterocycles. The lowest BCUT2D eigenvalue weighted by molar-refractivity contribution is -0.125. The Morgan fingerprint density at radius 1 is 1.10 bits per heavy atom. The van der Waals surface area contributed by atoms with Gasteiger partial charge in [-0.1, -0.05) is 33.6 Å². The van der Waals surface area contributed by atoms with Gasteiger partial charge in [-0.15, -0.1) is 0 Å². The SMILES string of the molecule is CCC1C(C2CCCC2(C)C)CCC2CC(=O)CC[C@@H]21. The lowest BCUT2D eigenvalue weighted by Gasteiger charge is -2.49. The molecule has 0 spiro atoms. The van der Waals surface area contributed by atoms with Crippen molar-refractivity contribution < 1.29 is 4.79 Å². The average Bonchev–Trinajstić information content (AvgIpc) is 2.76. The summed E-state index contributed by atoms with van der Waals surface area (Å²) in [6, 6.07) is 0. The Morgan fingerprint density at radius 2 is 1.90 bits per heavy atom. The molecule has 0 N–H and O–H groups in total. The Morgan fingerprint density at radius 3 is 2.55 bits per heavy atom. The number of carbonyl (C=O) groups excluding carboxylic acids is 1. The molecule has 5 atom stereocenters. The molecule has 3 fully saturated rings. The highest BCUT2D eigenvalue weighted by atomic mass is 16.1. The number of hydrogen-bond acceptors (Lipinski definition) is 1. The molecule has 3 aliphatic carbocycles. The van der Waals surface area contributed by atoms with Crippen LogP contribution in [-0.2, 0) is 4.79 Å². The van der Waals surface area contributed by atoms with Crippen molar-refractivity contribution in [1.29, 1.82) is 0 Å². The van der Waals surface area contributed by atoms with Gasteiger partial charge in [0, 0.05) is 12.8 Å². The van der Waals surface area contributed by atoms with Gasteiger partial charge in [-0.25, -0.2) is 0 Å². The molecular weight excluding hydrogens is 244 g/mol. The van der Waals surface area contributed by atoms with Crippen molar-refractivity contribution in [2.45, 2.75) is 78.6 Å². The molecule has 0 bridgehead atoms. The largest absolute Gasteiger partial charge is 0.300 e. The van der Waals surface area contributed by atoms with Gasteiger partial charge < -0.3 is 0 Å². The Labute approximate surface area is 124 Å². The maximum Gasteiger partial charge on any atom is 0.133 e. The summed E-state index contributed by atoms with van der Waals surface area (Å²) in [5.74, 6) is 4.96. The average molecular weight is 276 g/mol. The van der Waals surface area contributed by atoms with Gasteiger partial charge in [0.1, 0.15) is 5.78 Å². The molecule has 1 heteroatoms. The zero-order valence-electron chi connectivity index (χ0n) is 13.7. The van der Waals surface area contributed by atoms with Gasteiger partial charge in [0.25, 0.3) is 0 Å². The fourth-order valence-electron chi connectivity index (χ4n) is 6.18. The molecule has 4 unspecified atom stereocenters. The topological polar surface area (TPSA) is 17.1 Å². The second-order valence-corrected chi connectivity index (χ2v) is 8.51. The van der Waals surface area contributed by atoms with Crippen molar-refractivity contribution in [1.82, 2.24) is 0 Å². The summed E-state index contributed by atoms with van der Waals surface area (Å²) in [4.78, 5) is 11.8. The van der Waals surface area contributed by atoms with Crippen LogP contribution in [0.15, 0.2) is 0 Å². The second-order valence-electron chi connectivity index (χ2n) is 8.51. The molecule has 20 heavy (non-hydrogen) atoms. The molecule has 3 rings (SSSR count). The van der Waals surface area contributed by atoms with E-state index in [4.69, 9.17) is 0 Å². The van der Waals surface area contributed by atoms with Crippen molar-refractivity contribution in [3.63, 3.8) is 0 Å². The lowest BCUT2D eigenvalue weighted by Crippen LogP contribution is -2.43.